The number of hydrazine groups is 1. The molecule has 24 heavy (non-hydrogen) atoms. The normalized spacial score (nSPS) is 24.0. The molecule has 1 heterocycles. The van der Waals surface area contributed by atoms with E-state index in [1.807, 2.05) is 6.92 Å². The zero-order valence-corrected chi connectivity index (χ0v) is 13.8. The first-order valence-corrected chi connectivity index (χ1v) is 7.53. The van der Waals surface area contributed by atoms with Crippen LogP contribution < -0.4 is 16.6 Å². The lowest BCUT2D eigenvalue weighted by atomic mass is 10.0. The number of amides is 1. The number of nitrogens with two attached hydrogens (primary N) is 1. The molecule has 1 aliphatic heterocycles. The quantitative estimate of drug-likeness (QED) is 0.291. The fourth-order valence-electron chi connectivity index (χ4n) is 2.00. The van der Waals surface area contributed by atoms with E-state index in [9.17, 15) is 14.4 Å². The Labute approximate surface area is 140 Å². The van der Waals surface area contributed by atoms with Crippen LogP contribution in [-0.4, -0.2) is 38.3 Å². The lowest BCUT2D eigenvalue weighted by Crippen LogP contribution is -2.39. The van der Waals surface area contributed by atoms with Crippen molar-refractivity contribution < 1.29 is 28.6 Å². The number of allylic oxidation sites excluding steroid dienone is 2. The standard InChI is InChI=1S/C15H23N3O6/c1-10-6-4-3-5-7-11(19)13(23-9-24-15(21)22-2)12(18-16)14(20)17-8-10/h5,7,10,18H,3-4,6,8-9,16H2,1-2H3,(H,17,20)/b7-5-,13-12+/t10-/m1/s1. The largest absolute Gasteiger partial charge is 0.510 e. The SMILES string of the molecule is COC(=O)OCO/C1=C(/NN)C(=O)NC[C@H](C)CCC/C=C\C1=O. The van der Waals surface area contributed by atoms with E-state index in [2.05, 4.69) is 20.2 Å². The van der Waals surface area contributed by atoms with Crippen LogP contribution in [0.25, 0.3) is 0 Å². The first-order chi connectivity index (χ1) is 11.5. The third-order valence-electron chi connectivity index (χ3n) is 3.32. The van der Waals surface area contributed by atoms with Crippen LogP contribution in [0.5, 0.6) is 0 Å². The molecule has 0 radical (unpaired) electrons. The van der Waals surface area contributed by atoms with Crippen molar-refractivity contribution in [3.05, 3.63) is 23.6 Å². The van der Waals surface area contributed by atoms with Crippen LogP contribution in [0.2, 0.25) is 0 Å². The molecule has 1 aliphatic rings. The Morgan fingerprint density at radius 1 is 1.46 bits per heavy atom. The summed E-state index contributed by atoms with van der Waals surface area (Å²) in [6.45, 7) is 1.85. The van der Waals surface area contributed by atoms with Gasteiger partial charge in [-0.05, 0) is 31.3 Å². The van der Waals surface area contributed by atoms with Gasteiger partial charge in [0.05, 0.1) is 7.11 Å². The summed E-state index contributed by atoms with van der Waals surface area (Å²) in [5.74, 6) is 4.15. The molecule has 0 aromatic rings. The highest BCUT2D eigenvalue weighted by atomic mass is 16.8. The number of ketones is 1. The molecule has 4 N–H and O–H groups in total. The predicted octanol–water partition coefficient (Wildman–Crippen LogP) is 0.480. The van der Waals surface area contributed by atoms with Gasteiger partial charge in [-0.15, -0.1) is 0 Å². The van der Waals surface area contributed by atoms with E-state index in [1.54, 1.807) is 6.08 Å². The van der Waals surface area contributed by atoms with Crippen LogP contribution in [0.1, 0.15) is 26.2 Å². The minimum absolute atomic E-state index is 0.245. The molecule has 0 aromatic heterocycles. The van der Waals surface area contributed by atoms with Gasteiger partial charge in [0.1, 0.15) is 0 Å². The number of ether oxygens (including phenoxy) is 3. The monoisotopic (exact) mass is 341 g/mol. The van der Waals surface area contributed by atoms with E-state index in [0.29, 0.717) is 6.54 Å². The molecule has 0 aliphatic carbocycles. The molecule has 134 valence electrons. The first-order valence-electron chi connectivity index (χ1n) is 7.53. The van der Waals surface area contributed by atoms with Gasteiger partial charge in [0, 0.05) is 6.54 Å². The molecule has 9 heteroatoms. The Morgan fingerprint density at radius 2 is 2.21 bits per heavy atom. The number of rotatable bonds is 4. The molecule has 9 nitrogen and oxygen atoms in total. The number of methoxy groups -OCH3 is 1. The summed E-state index contributed by atoms with van der Waals surface area (Å²) in [4.78, 5) is 35.4. The first kappa shape index (κ1) is 19.5. The van der Waals surface area contributed by atoms with Gasteiger partial charge in [-0.2, -0.15) is 0 Å². The summed E-state index contributed by atoms with van der Waals surface area (Å²) in [7, 11) is 1.13. The Balaban J connectivity index is 2.99. The highest BCUT2D eigenvalue weighted by Gasteiger charge is 2.22. The molecular weight excluding hydrogens is 318 g/mol. The van der Waals surface area contributed by atoms with Crippen LogP contribution >= 0.6 is 0 Å². The van der Waals surface area contributed by atoms with Crippen LogP contribution in [0.15, 0.2) is 23.6 Å². The summed E-state index contributed by atoms with van der Waals surface area (Å²) in [5, 5.41) is 2.68. The lowest BCUT2D eigenvalue weighted by molar-refractivity contribution is -0.121. The van der Waals surface area contributed by atoms with Crippen molar-refractivity contribution in [3.63, 3.8) is 0 Å². The van der Waals surface area contributed by atoms with E-state index >= 15 is 0 Å². The van der Waals surface area contributed by atoms with Crippen molar-refractivity contribution in [1.29, 1.82) is 0 Å². The fourth-order valence-corrected chi connectivity index (χ4v) is 2.00. The second-order valence-corrected chi connectivity index (χ2v) is 5.22. The number of carbonyl (C=O) groups is 3. The van der Waals surface area contributed by atoms with Crippen LogP contribution in [-0.2, 0) is 23.8 Å². The number of nitrogens with one attached hydrogen (secondary N) is 2. The molecule has 0 aromatic carbocycles. The summed E-state index contributed by atoms with van der Waals surface area (Å²) in [6.07, 6.45) is 4.56. The molecule has 0 spiro atoms. The van der Waals surface area contributed by atoms with Gasteiger partial charge >= 0.3 is 6.16 Å². The minimum Gasteiger partial charge on any atom is -0.451 e. The van der Waals surface area contributed by atoms with Gasteiger partial charge in [0.2, 0.25) is 18.3 Å². The van der Waals surface area contributed by atoms with Gasteiger partial charge < -0.3 is 25.0 Å². The Morgan fingerprint density at radius 3 is 2.88 bits per heavy atom. The lowest BCUT2D eigenvalue weighted by Gasteiger charge is -2.17. The van der Waals surface area contributed by atoms with E-state index in [4.69, 9.17) is 10.6 Å². The van der Waals surface area contributed by atoms with Gasteiger partial charge in [-0.25, -0.2) is 4.79 Å². The summed E-state index contributed by atoms with van der Waals surface area (Å²) in [6, 6.07) is 0. The van der Waals surface area contributed by atoms with Crippen molar-refractivity contribution in [3.8, 4) is 0 Å². The third kappa shape index (κ3) is 6.29. The molecular formula is C15H23N3O6. The van der Waals surface area contributed by atoms with Gasteiger partial charge in [0.25, 0.3) is 5.91 Å². The number of hydrogen-bond acceptors (Lipinski definition) is 8. The van der Waals surface area contributed by atoms with E-state index in [0.717, 1.165) is 26.4 Å². The van der Waals surface area contributed by atoms with Crippen molar-refractivity contribution in [2.45, 2.75) is 26.2 Å². The maximum atomic E-state index is 12.2. The summed E-state index contributed by atoms with van der Waals surface area (Å²) >= 11 is 0. The Bertz CT molecular complexity index is 529. The molecule has 0 saturated heterocycles. The topological polar surface area (TPSA) is 129 Å². The number of carbonyl (C=O) groups excluding carboxylic acids is 3. The van der Waals surface area contributed by atoms with Crippen LogP contribution in [0.4, 0.5) is 4.79 Å². The molecule has 1 rings (SSSR count). The zero-order chi connectivity index (χ0) is 17.9. The molecule has 1 amide bonds. The van der Waals surface area contributed by atoms with Gasteiger partial charge in [-0.1, -0.05) is 13.0 Å². The van der Waals surface area contributed by atoms with Crippen molar-refractivity contribution >= 4 is 17.8 Å². The Kier molecular flexibility index (Phi) is 8.34. The molecule has 0 fully saturated rings. The molecule has 1 atom stereocenters. The summed E-state index contributed by atoms with van der Waals surface area (Å²) in [5.41, 5.74) is 1.92. The van der Waals surface area contributed by atoms with Crippen LogP contribution in [0.3, 0.4) is 0 Å². The second kappa shape index (κ2) is 10.3. The third-order valence-corrected chi connectivity index (χ3v) is 3.32. The second-order valence-electron chi connectivity index (χ2n) is 5.22. The van der Waals surface area contributed by atoms with Crippen molar-refractivity contribution in [1.82, 2.24) is 10.7 Å². The molecule has 0 unspecified atom stereocenters. The molecule has 0 bridgehead atoms. The highest BCUT2D eigenvalue weighted by Crippen LogP contribution is 2.12. The maximum absolute atomic E-state index is 12.2. The number of hydrogen-bond donors (Lipinski definition) is 3. The fraction of sp³-hybridized carbons (Fsp3) is 0.533. The average molecular weight is 341 g/mol. The molecule has 0 saturated carbocycles. The summed E-state index contributed by atoms with van der Waals surface area (Å²) < 4.78 is 14.0. The van der Waals surface area contributed by atoms with E-state index in [1.165, 1.54) is 6.08 Å². The minimum atomic E-state index is -0.979. The van der Waals surface area contributed by atoms with Gasteiger partial charge in [0.15, 0.2) is 5.70 Å². The maximum Gasteiger partial charge on any atom is 0.510 e. The predicted molar refractivity (Wildman–Crippen MR) is 84.0 cm³/mol. The highest BCUT2D eigenvalue weighted by molar-refractivity contribution is 6.08. The van der Waals surface area contributed by atoms with E-state index in [-0.39, 0.29) is 17.4 Å². The van der Waals surface area contributed by atoms with Crippen molar-refractivity contribution in [2.24, 2.45) is 11.8 Å². The van der Waals surface area contributed by atoms with E-state index < -0.39 is 24.6 Å². The zero-order valence-electron chi connectivity index (χ0n) is 13.8. The van der Waals surface area contributed by atoms with Crippen molar-refractivity contribution in [2.75, 3.05) is 20.4 Å². The Hall–Kier alpha value is -2.55. The smallest absolute Gasteiger partial charge is 0.451 e. The van der Waals surface area contributed by atoms with Gasteiger partial charge in [-0.3, -0.25) is 15.4 Å². The average Bonchev–Trinajstić information content (AvgIpc) is 2.57. The van der Waals surface area contributed by atoms with Crippen LogP contribution in [0, 0.1) is 5.92 Å².